The van der Waals surface area contributed by atoms with E-state index >= 15 is 0 Å². The lowest BCUT2D eigenvalue weighted by atomic mass is 10.1. The van der Waals surface area contributed by atoms with Gasteiger partial charge in [-0.2, -0.15) is 9.41 Å². The summed E-state index contributed by atoms with van der Waals surface area (Å²) in [5.74, 6) is -0.569. The zero-order valence-corrected chi connectivity index (χ0v) is 21.2. The summed E-state index contributed by atoms with van der Waals surface area (Å²) >= 11 is 15.2. The van der Waals surface area contributed by atoms with E-state index in [0.29, 0.717) is 22.0 Å². The maximum Gasteiger partial charge on any atom is 0.255 e. The second-order valence-electron chi connectivity index (χ2n) is 6.99. The van der Waals surface area contributed by atoms with Gasteiger partial charge >= 0.3 is 0 Å². The highest BCUT2D eigenvalue weighted by atomic mass is 79.9. The topological polar surface area (TPSA) is 78.8 Å². The Bertz CT molecular complexity index is 1240. The lowest BCUT2D eigenvalue weighted by Gasteiger charge is -2.21. The Balaban J connectivity index is 1.73. The number of nitrogens with one attached hydrogen (secondary N) is 1. The normalized spacial score (nSPS) is 11.8. The maximum absolute atomic E-state index is 13.2. The number of hydrogen-bond donors (Lipinski definition) is 1. The summed E-state index contributed by atoms with van der Waals surface area (Å²) in [5.41, 5.74) is 3.96. The van der Waals surface area contributed by atoms with Crippen LogP contribution in [-0.4, -0.2) is 37.9 Å². The van der Waals surface area contributed by atoms with E-state index in [1.807, 2.05) is 30.3 Å². The number of carbonyl (C=O) groups is 1. The monoisotopic (exact) mass is 567 g/mol. The van der Waals surface area contributed by atoms with Gasteiger partial charge in [-0.3, -0.25) is 4.79 Å². The van der Waals surface area contributed by atoms with Crippen LogP contribution in [0.4, 0.5) is 0 Å². The molecule has 0 aromatic heterocycles. The molecule has 172 valence electrons. The lowest BCUT2D eigenvalue weighted by Crippen LogP contribution is -2.40. The summed E-state index contributed by atoms with van der Waals surface area (Å²) in [6, 6.07) is 20.6. The summed E-state index contributed by atoms with van der Waals surface area (Å²) in [4.78, 5) is 12.6. The molecule has 0 aliphatic carbocycles. The van der Waals surface area contributed by atoms with Crippen molar-refractivity contribution in [1.29, 1.82) is 0 Å². The van der Waals surface area contributed by atoms with Crippen molar-refractivity contribution in [1.82, 2.24) is 9.73 Å². The van der Waals surface area contributed by atoms with Crippen molar-refractivity contribution in [3.8, 4) is 0 Å². The van der Waals surface area contributed by atoms with Crippen LogP contribution in [0.15, 0.2) is 87.3 Å². The molecule has 0 atom stereocenters. The third-order valence-electron chi connectivity index (χ3n) is 4.61. The van der Waals surface area contributed by atoms with Gasteiger partial charge in [-0.25, -0.2) is 13.8 Å². The van der Waals surface area contributed by atoms with Crippen molar-refractivity contribution >= 4 is 61.3 Å². The van der Waals surface area contributed by atoms with Gasteiger partial charge in [-0.05, 0) is 53.9 Å². The summed E-state index contributed by atoms with van der Waals surface area (Å²) < 4.78 is 28.4. The molecule has 0 saturated carbocycles. The molecule has 6 nitrogen and oxygen atoms in total. The number of hydrogen-bond acceptors (Lipinski definition) is 4. The number of hydrazone groups is 1. The van der Waals surface area contributed by atoms with E-state index in [2.05, 4.69) is 26.5 Å². The first kappa shape index (κ1) is 25.4. The predicted molar refractivity (Wildman–Crippen MR) is 135 cm³/mol. The molecule has 3 rings (SSSR count). The fourth-order valence-electron chi connectivity index (χ4n) is 2.91. The SMILES string of the molecule is O=C(CN(CCc1ccccc1)S(=O)(=O)c1ccc(Br)cc1)N/N=C\c1ccc(Cl)c(Cl)c1. The molecule has 0 aliphatic rings. The summed E-state index contributed by atoms with van der Waals surface area (Å²) in [7, 11) is -3.90. The van der Waals surface area contributed by atoms with E-state index in [-0.39, 0.29) is 18.0 Å². The largest absolute Gasteiger partial charge is 0.272 e. The van der Waals surface area contributed by atoms with Crippen LogP contribution < -0.4 is 5.43 Å². The first-order valence-electron chi connectivity index (χ1n) is 9.82. The smallest absolute Gasteiger partial charge is 0.255 e. The van der Waals surface area contributed by atoms with Crippen LogP contribution in [0.25, 0.3) is 0 Å². The van der Waals surface area contributed by atoms with Crippen molar-refractivity contribution in [3.05, 3.63) is 98.4 Å². The molecule has 1 N–H and O–H groups in total. The number of rotatable bonds is 9. The van der Waals surface area contributed by atoms with Gasteiger partial charge in [0.1, 0.15) is 0 Å². The van der Waals surface area contributed by atoms with Crippen LogP contribution in [0.5, 0.6) is 0 Å². The molecule has 1 amide bonds. The molecular formula is C23H20BrCl2N3O3S. The number of sulfonamides is 1. The van der Waals surface area contributed by atoms with Crippen LogP contribution in [0.3, 0.4) is 0 Å². The fraction of sp³-hybridized carbons (Fsp3) is 0.130. The van der Waals surface area contributed by atoms with Gasteiger partial charge < -0.3 is 0 Å². The van der Waals surface area contributed by atoms with E-state index in [0.717, 1.165) is 14.3 Å². The number of benzene rings is 3. The van der Waals surface area contributed by atoms with Gasteiger partial charge in [0.2, 0.25) is 10.0 Å². The minimum atomic E-state index is -3.90. The van der Waals surface area contributed by atoms with Crippen molar-refractivity contribution in [2.24, 2.45) is 5.10 Å². The van der Waals surface area contributed by atoms with Crippen molar-refractivity contribution in [2.45, 2.75) is 11.3 Å². The number of amides is 1. The molecule has 0 heterocycles. The molecule has 0 aliphatic heterocycles. The Labute approximate surface area is 211 Å². The molecular weight excluding hydrogens is 549 g/mol. The zero-order valence-electron chi connectivity index (χ0n) is 17.3. The van der Waals surface area contributed by atoms with Gasteiger partial charge in [-0.1, -0.05) is 75.5 Å². The van der Waals surface area contributed by atoms with E-state index in [9.17, 15) is 13.2 Å². The third-order valence-corrected chi connectivity index (χ3v) is 7.74. The lowest BCUT2D eigenvalue weighted by molar-refractivity contribution is -0.121. The van der Waals surface area contributed by atoms with Crippen LogP contribution >= 0.6 is 39.1 Å². The highest BCUT2D eigenvalue weighted by molar-refractivity contribution is 9.10. The first-order chi connectivity index (χ1) is 15.8. The molecule has 0 bridgehead atoms. The number of halogens is 3. The Morgan fingerprint density at radius 2 is 1.70 bits per heavy atom. The molecule has 10 heteroatoms. The van der Waals surface area contributed by atoms with E-state index in [1.165, 1.54) is 18.3 Å². The van der Waals surface area contributed by atoms with Crippen molar-refractivity contribution < 1.29 is 13.2 Å². The molecule has 0 fully saturated rings. The van der Waals surface area contributed by atoms with Gasteiger partial charge in [0.25, 0.3) is 5.91 Å². The van der Waals surface area contributed by atoms with Crippen LogP contribution in [0.1, 0.15) is 11.1 Å². The van der Waals surface area contributed by atoms with Gasteiger partial charge in [-0.15, -0.1) is 0 Å². The second-order valence-corrected chi connectivity index (χ2v) is 10.7. The molecule has 0 saturated heterocycles. The average Bonchev–Trinajstić information content (AvgIpc) is 2.80. The molecule has 0 radical (unpaired) electrons. The Kier molecular flexibility index (Phi) is 9.05. The van der Waals surface area contributed by atoms with E-state index < -0.39 is 15.9 Å². The van der Waals surface area contributed by atoms with Gasteiger partial charge in [0, 0.05) is 11.0 Å². The fourth-order valence-corrected chi connectivity index (χ4v) is 4.87. The number of carbonyl (C=O) groups excluding carboxylic acids is 1. The maximum atomic E-state index is 13.2. The van der Waals surface area contributed by atoms with E-state index in [4.69, 9.17) is 23.2 Å². The molecule has 0 spiro atoms. The highest BCUT2D eigenvalue weighted by Crippen LogP contribution is 2.22. The van der Waals surface area contributed by atoms with Crippen LogP contribution in [0.2, 0.25) is 10.0 Å². The van der Waals surface area contributed by atoms with E-state index in [1.54, 1.807) is 30.3 Å². The molecule has 33 heavy (non-hydrogen) atoms. The summed E-state index contributed by atoms with van der Waals surface area (Å²) in [6.07, 6.45) is 1.86. The Hall–Kier alpha value is -2.23. The third kappa shape index (κ3) is 7.38. The summed E-state index contributed by atoms with van der Waals surface area (Å²) in [5, 5.41) is 4.66. The molecule has 3 aromatic rings. The standard InChI is InChI=1S/C23H20BrCl2N3O3S/c24-19-7-9-20(10-8-19)33(31,32)29(13-12-17-4-2-1-3-5-17)16-23(30)28-27-15-18-6-11-21(25)22(26)14-18/h1-11,14-15H,12-13,16H2,(H,28,30)/b27-15-. The van der Waals surface area contributed by atoms with Crippen molar-refractivity contribution in [3.63, 3.8) is 0 Å². The minimum absolute atomic E-state index is 0.103. The predicted octanol–water partition coefficient (Wildman–Crippen LogP) is 5.14. The second kappa shape index (κ2) is 11.8. The van der Waals surface area contributed by atoms with Gasteiger partial charge in [0.05, 0.1) is 27.7 Å². The minimum Gasteiger partial charge on any atom is -0.272 e. The Morgan fingerprint density at radius 1 is 1.00 bits per heavy atom. The number of nitrogens with zero attached hydrogens (tertiary/aromatic N) is 2. The van der Waals surface area contributed by atoms with Crippen molar-refractivity contribution in [2.75, 3.05) is 13.1 Å². The van der Waals surface area contributed by atoms with Crippen LogP contribution in [0, 0.1) is 0 Å². The zero-order chi connectivity index (χ0) is 23.8. The quantitative estimate of drug-likeness (QED) is 0.287. The highest BCUT2D eigenvalue weighted by Gasteiger charge is 2.26. The molecule has 3 aromatic carbocycles. The first-order valence-corrected chi connectivity index (χ1v) is 12.8. The summed E-state index contributed by atoms with van der Waals surface area (Å²) in [6.45, 7) is -0.254. The van der Waals surface area contributed by atoms with Gasteiger partial charge in [0.15, 0.2) is 0 Å². The molecule has 0 unspecified atom stereocenters. The average molecular weight is 569 g/mol. The Morgan fingerprint density at radius 3 is 2.36 bits per heavy atom. The van der Waals surface area contributed by atoms with Crippen LogP contribution in [-0.2, 0) is 21.2 Å².